The van der Waals surface area contributed by atoms with Gasteiger partial charge in [-0.25, -0.2) is 0 Å². The Bertz CT molecular complexity index is 493. The van der Waals surface area contributed by atoms with Gasteiger partial charge in [0.15, 0.2) is 0 Å². The monoisotopic (exact) mass is 263 g/mol. The molecule has 1 N–H and O–H groups in total. The van der Waals surface area contributed by atoms with Crippen LogP contribution in [0.2, 0.25) is 0 Å². The van der Waals surface area contributed by atoms with E-state index in [1.807, 2.05) is 31.3 Å². The SMILES string of the molecule is CNc1nnc(-c2ccc(OCC(C)C)cc2)s1. The van der Waals surface area contributed by atoms with Crippen LogP contribution in [-0.4, -0.2) is 23.9 Å². The summed E-state index contributed by atoms with van der Waals surface area (Å²) in [6.07, 6.45) is 0. The molecule has 5 heteroatoms. The number of nitrogens with zero attached hydrogens (tertiary/aromatic N) is 2. The van der Waals surface area contributed by atoms with Crippen molar-refractivity contribution in [2.45, 2.75) is 13.8 Å². The van der Waals surface area contributed by atoms with Crippen LogP contribution >= 0.6 is 11.3 Å². The maximum absolute atomic E-state index is 5.64. The van der Waals surface area contributed by atoms with Crippen molar-refractivity contribution in [3.05, 3.63) is 24.3 Å². The summed E-state index contributed by atoms with van der Waals surface area (Å²) in [5.41, 5.74) is 1.06. The summed E-state index contributed by atoms with van der Waals surface area (Å²) < 4.78 is 5.64. The summed E-state index contributed by atoms with van der Waals surface area (Å²) in [5, 5.41) is 12.9. The number of ether oxygens (including phenoxy) is 1. The summed E-state index contributed by atoms with van der Waals surface area (Å²) >= 11 is 1.54. The van der Waals surface area contributed by atoms with Gasteiger partial charge in [-0.05, 0) is 30.2 Å². The Hall–Kier alpha value is -1.62. The van der Waals surface area contributed by atoms with E-state index in [-0.39, 0.29) is 0 Å². The van der Waals surface area contributed by atoms with Gasteiger partial charge in [0, 0.05) is 12.6 Å². The highest BCUT2D eigenvalue weighted by Gasteiger charge is 2.05. The number of rotatable bonds is 5. The molecule has 1 heterocycles. The van der Waals surface area contributed by atoms with E-state index in [1.165, 1.54) is 11.3 Å². The van der Waals surface area contributed by atoms with E-state index in [2.05, 4.69) is 29.4 Å². The molecule has 0 spiro atoms. The highest BCUT2D eigenvalue weighted by molar-refractivity contribution is 7.18. The fourth-order valence-electron chi connectivity index (χ4n) is 1.40. The van der Waals surface area contributed by atoms with Gasteiger partial charge in [-0.15, -0.1) is 10.2 Å². The van der Waals surface area contributed by atoms with Gasteiger partial charge in [-0.1, -0.05) is 25.2 Å². The Labute approximate surface area is 111 Å². The zero-order valence-corrected chi connectivity index (χ0v) is 11.6. The zero-order valence-electron chi connectivity index (χ0n) is 10.8. The van der Waals surface area contributed by atoms with Crippen LogP contribution in [0.4, 0.5) is 5.13 Å². The number of nitrogens with one attached hydrogen (secondary N) is 1. The minimum Gasteiger partial charge on any atom is -0.493 e. The highest BCUT2D eigenvalue weighted by Crippen LogP contribution is 2.27. The Morgan fingerprint density at radius 1 is 1.22 bits per heavy atom. The number of anilines is 1. The van der Waals surface area contributed by atoms with Crippen molar-refractivity contribution >= 4 is 16.5 Å². The number of hydrogen-bond acceptors (Lipinski definition) is 5. The molecule has 2 rings (SSSR count). The lowest BCUT2D eigenvalue weighted by atomic mass is 10.2. The Kier molecular flexibility index (Phi) is 4.15. The minimum atomic E-state index is 0.533. The fourth-order valence-corrected chi connectivity index (χ4v) is 2.10. The summed E-state index contributed by atoms with van der Waals surface area (Å²) in [6, 6.07) is 7.96. The van der Waals surface area contributed by atoms with Crippen LogP contribution in [0, 0.1) is 5.92 Å². The smallest absolute Gasteiger partial charge is 0.205 e. The fraction of sp³-hybridized carbons (Fsp3) is 0.385. The predicted octanol–water partition coefficient (Wildman–Crippen LogP) is 3.28. The third-order valence-electron chi connectivity index (χ3n) is 2.32. The first-order chi connectivity index (χ1) is 8.69. The molecule has 0 aliphatic rings. The Morgan fingerprint density at radius 2 is 1.94 bits per heavy atom. The quantitative estimate of drug-likeness (QED) is 0.899. The van der Waals surface area contributed by atoms with E-state index in [1.54, 1.807) is 0 Å². The van der Waals surface area contributed by atoms with Gasteiger partial charge in [0.2, 0.25) is 5.13 Å². The van der Waals surface area contributed by atoms with Crippen LogP contribution in [0.1, 0.15) is 13.8 Å². The lowest BCUT2D eigenvalue weighted by molar-refractivity contribution is 0.271. The van der Waals surface area contributed by atoms with Crippen LogP contribution in [-0.2, 0) is 0 Å². The largest absolute Gasteiger partial charge is 0.493 e. The third-order valence-corrected chi connectivity index (χ3v) is 3.31. The van der Waals surface area contributed by atoms with Gasteiger partial charge in [0.25, 0.3) is 0 Å². The average molecular weight is 263 g/mol. The molecule has 0 saturated carbocycles. The molecule has 0 unspecified atom stereocenters. The molecule has 1 aromatic carbocycles. The van der Waals surface area contributed by atoms with E-state index in [9.17, 15) is 0 Å². The average Bonchev–Trinajstić information content (AvgIpc) is 2.85. The summed E-state index contributed by atoms with van der Waals surface area (Å²) in [4.78, 5) is 0. The normalized spacial score (nSPS) is 10.7. The van der Waals surface area contributed by atoms with Gasteiger partial charge >= 0.3 is 0 Å². The number of hydrogen-bond donors (Lipinski definition) is 1. The van der Waals surface area contributed by atoms with Crippen molar-refractivity contribution in [2.24, 2.45) is 5.92 Å². The molecule has 4 nitrogen and oxygen atoms in total. The standard InChI is InChI=1S/C13H17N3OS/c1-9(2)8-17-11-6-4-10(5-7-11)12-15-16-13(14-3)18-12/h4-7,9H,8H2,1-3H3,(H,14,16). The lowest BCUT2D eigenvalue weighted by Crippen LogP contribution is -2.04. The molecule has 0 fully saturated rings. The topological polar surface area (TPSA) is 47.0 Å². The van der Waals surface area contributed by atoms with E-state index in [0.717, 1.165) is 28.1 Å². The number of aromatic nitrogens is 2. The second-order valence-corrected chi connectivity index (χ2v) is 5.37. The van der Waals surface area contributed by atoms with Gasteiger partial charge in [-0.3, -0.25) is 0 Å². The minimum absolute atomic E-state index is 0.533. The third kappa shape index (κ3) is 3.20. The van der Waals surface area contributed by atoms with Crippen LogP contribution < -0.4 is 10.1 Å². The van der Waals surface area contributed by atoms with Crippen molar-refractivity contribution in [3.8, 4) is 16.3 Å². The molecule has 0 aliphatic carbocycles. The van der Waals surface area contributed by atoms with Crippen molar-refractivity contribution in [1.29, 1.82) is 0 Å². The van der Waals surface area contributed by atoms with Gasteiger partial charge in [-0.2, -0.15) is 0 Å². The summed E-state index contributed by atoms with van der Waals surface area (Å²) in [5.74, 6) is 1.43. The zero-order chi connectivity index (χ0) is 13.0. The van der Waals surface area contributed by atoms with Crippen LogP contribution in [0.3, 0.4) is 0 Å². The molecule has 0 saturated heterocycles. The second kappa shape index (κ2) is 5.82. The van der Waals surface area contributed by atoms with E-state index >= 15 is 0 Å². The molecule has 0 atom stereocenters. The van der Waals surface area contributed by atoms with Gasteiger partial charge in [0.05, 0.1) is 6.61 Å². The molecule has 0 aliphatic heterocycles. The van der Waals surface area contributed by atoms with Crippen molar-refractivity contribution in [2.75, 3.05) is 19.0 Å². The first kappa shape index (κ1) is 12.8. The Morgan fingerprint density at radius 3 is 2.50 bits per heavy atom. The van der Waals surface area contributed by atoms with E-state index < -0.39 is 0 Å². The predicted molar refractivity (Wildman–Crippen MR) is 75.2 cm³/mol. The molecule has 0 bridgehead atoms. The first-order valence-corrected chi connectivity index (χ1v) is 6.75. The number of benzene rings is 1. The van der Waals surface area contributed by atoms with Crippen molar-refractivity contribution in [1.82, 2.24) is 10.2 Å². The summed E-state index contributed by atoms with van der Waals surface area (Å²) in [6.45, 7) is 5.01. The molecular weight excluding hydrogens is 246 g/mol. The van der Waals surface area contributed by atoms with Crippen LogP contribution in [0.5, 0.6) is 5.75 Å². The molecule has 0 amide bonds. The molecule has 0 radical (unpaired) electrons. The maximum Gasteiger partial charge on any atom is 0.205 e. The van der Waals surface area contributed by atoms with Gasteiger partial charge in [0.1, 0.15) is 10.8 Å². The Balaban J connectivity index is 2.07. The van der Waals surface area contributed by atoms with E-state index in [0.29, 0.717) is 5.92 Å². The lowest BCUT2D eigenvalue weighted by Gasteiger charge is -2.08. The molecule has 18 heavy (non-hydrogen) atoms. The van der Waals surface area contributed by atoms with Crippen LogP contribution in [0.25, 0.3) is 10.6 Å². The second-order valence-electron chi connectivity index (χ2n) is 4.39. The van der Waals surface area contributed by atoms with E-state index in [4.69, 9.17) is 4.74 Å². The molecule has 96 valence electrons. The first-order valence-electron chi connectivity index (χ1n) is 5.93. The summed E-state index contributed by atoms with van der Waals surface area (Å²) in [7, 11) is 1.84. The maximum atomic E-state index is 5.64. The van der Waals surface area contributed by atoms with Gasteiger partial charge < -0.3 is 10.1 Å². The van der Waals surface area contributed by atoms with Crippen LogP contribution in [0.15, 0.2) is 24.3 Å². The highest BCUT2D eigenvalue weighted by atomic mass is 32.1. The molecule has 2 aromatic rings. The molecular formula is C13H17N3OS. The molecule has 1 aromatic heterocycles. The van der Waals surface area contributed by atoms with Crippen molar-refractivity contribution < 1.29 is 4.74 Å². The van der Waals surface area contributed by atoms with Crippen molar-refractivity contribution in [3.63, 3.8) is 0 Å².